The lowest BCUT2D eigenvalue weighted by Gasteiger charge is -2.23. The van der Waals surface area contributed by atoms with Crippen LogP contribution in [0.1, 0.15) is 10.5 Å². The van der Waals surface area contributed by atoms with E-state index in [0.717, 1.165) is 17.6 Å². The summed E-state index contributed by atoms with van der Waals surface area (Å²) in [6, 6.07) is 3.66. The lowest BCUT2D eigenvalue weighted by molar-refractivity contribution is 0.0733. The van der Waals surface area contributed by atoms with Crippen LogP contribution in [-0.4, -0.2) is 43.2 Å². The zero-order valence-corrected chi connectivity index (χ0v) is 10.9. The number of nitrogens with one attached hydrogen (secondary N) is 2. The molecule has 0 spiro atoms. The van der Waals surface area contributed by atoms with Gasteiger partial charge in [0.05, 0.1) is 13.2 Å². The number of ether oxygens (including phenoxy) is 1. The Labute approximate surface area is 108 Å². The van der Waals surface area contributed by atoms with Gasteiger partial charge in [-0.3, -0.25) is 4.79 Å². The van der Waals surface area contributed by atoms with Crippen LogP contribution in [-0.2, 0) is 4.74 Å². The molecule has 0 bridgehead atoms. The van der Waals surface area contributed by atoms with E-state index in [4.69, 9.17) is 4.74 Å². The molecule has 0 aliphatic carbocycles. The van der Waals surface area contributed by atoms with Gasteiger partial charge in [0.25, 0.3) is 5.91 Å². The normalized spacial score (nSPS) is 19.9. The van der Waals surface area contributed by atoms with Crippen molar-refractivity contribution < 1.29 is 9.53 Å². The van der Waals surface area contributed by atoms with Crippen LogP contribution in [0, 0.1) is 0 Å². The summed E-state index contributed by atoms with van der Waals surface area (Å²) >= 11 is 3.28. The molecule has 1 aliphatic rings. The van der Waals surface area contributed by atoms with Gasteiger partial charge < -0.3 is 15.4 Å². The standard InChI is InChI=1S/C11H14BrN3O2/c12-8-1-2-10(14-5-8)11(16)15-6-9-7-17-4-3-13-9/h1-2,5,9,13H,3-4,6-7H2,(H,15,16). The average molecular weight is 300 g/mol. The van der Waals surface area contributed by atoms with Crippen LogP contribution in [0.5, 0.6) is 0 Å². The minimum absolute atomic E-state index is 0.162. The number of morpholine rings is 1. The van der Waals surface area contributed by atoms with Gasteiger partial charge in [-0.05, 0) is 28.1 Å². The maximum absolute atomic E-state index is 11.7. The van der Waals surface area contributed by atoms with Crippen LogP contribution in [0.15, 0.2) is 22.8 Å². The van der Waals surface area contributed by atoms with Crippen molar-refractivity contribution in [1.29, 1.82) is 0 Å². The number of hydrogen-bond donors (Lipinski definition) is 2. The van der Waals surface area contributed by atoms with Crippen molar-refractivity contribution >= 4 is 21.8 Å². The molecule has 2 N–H and O–H groups in total. The molecule has 1 aliphatic heterocycles. The predicted molar refractivity (Wildman–Crippen MR) is 66.9 cm³/mol. The third kappa shape index (κ3) is 3.76. The fourth-order valence-corrected chi connectivity index (χ4v) is 1.80. The second kappa shape index (κ2) is 6.09. The van der Waals surface area contributed by atoms with Crippen molar-refractivity contribution in [2.24, 2.45) is 0 Å². The summed E-state index contributed by atoms with van der Waals surface area (Å²) in [6.07, 6.45) is 1.61. The summed E-state index contributed by atoms with van der Waals surface area (Å²) in [6.45, 7) is 2.75. The molecule has 1 atom stereocenters. The first kappa shape index (κ1) is 12.5. The molecule has 6 heteroatoms. The van der Waals surface area contributed by atoms with E-state index in [0.29, 0.717) is 18.8 Å². The fourth-order valence-electron chi connectivity index (χ4n) is 1.57. The van der Waals surface area contributed by atoms with Crippen LogP contribution in [0.25, 0.3) is 0 Å². The van der Waals surface area contributed by atoms with Crippen LogP contribution in [0.2, 0.25) is 0 Å². The number of amides is 1. The van der Waals surface area contributed by atoms with Gasteiger partial charge in [0.1, 0.15) is 5.69 Å². The molecule has 1 amide bonds. The maximum Gasteiger partial charge on any atom is 0.269 e. The molecule has 2 heterocycles. The first-order valence-corrected chi connectivity index (χ1v) is 6.26. The molecule has 1 saturated heterocycles. The van der Waals surface area contributed by atoms with Gasteiger partial charge >= 0.3 is 0 Å². The number of carbonyl (C=O) groups excluding carboxylic acids is 1. The quantitative estimate of drug-likeness (QED) is 0.856. The Balaban J connectivity index is 1.82. The van der Waals surface area contributed by atoms with E-state index in [9.17, 15) is 4.79 Å². The molecule has 1 aromatic heterocycles. The smallest absolute Gasteiger partial charge is 0.269 e. The van der Waals surface area contributed by atoms with Gasteiger partial charge in [0, 0.05) is 29.8 Å². The number of hydrogen-bond acceptors (Lipinski definition) is 4. The van der Waals surface area contributed by atoms with E-state index in [1.54, 1.807) is 18.3 Å². The lowest BCUT2D eigenvalue weighted by Crippen LogP contribution is -2.48. The molecule has 0 aromatic carbocycles. The van der Waals surface area contributed by atoms with E-state index in [-0.39, 0.29) is 11.9 Å². The Morgan fingerprint density at radius 3 is 3.18 bits per heavy atom. The maximum atomic E-state index is 11.7. The lowest BCUT2D eigenvalue weighted by atomic mass is 10.2. The van der Waals surface area contributed by atoms with Crippen LogP contribution in [0.3, 0.4) is 0 Å². The first-order valence-electron chi connectivity index (χ1n) is 5.46. The second-order valence-electron chi connectivity index (χ2n) is 3.80. The topological polar surface area (TPSA) is 63.2 Å². The van der Waals surface area contributed by atoms with Gasteiger partial charge in [0.15, 0.2) is 0 Å². The van der Waals surface area contributed by atoms with Crippen LogP contribution >= 0.6 is 15.9 Å². The highest BCUT2D eigenvalue weighted by Gasteiger charge is 2.14. The number of rotatable bonds is 3. The summed E-state index contributed by atoms with van der Waals surface area (Å²) < 4.78 is 6.16. The number of nitrogens with zero attached hydrogens (tertiary/aromatic N) is 1. The summed E-state index contributed by atoms with van der Waals surface area (Å²) in [5.74, 6) is -0.162. The number of halogens is 1. The third-order valence-electron chi connectivity index (χ3n) is 2.47. The Bertz CT molecular complexity index is 377. The molecular weight excluding hydrogens is 286 g/mol. The van der Waals surface area contributed by atoms with Crippen molar-refractivity contribution in [2.45, 2.75) is 6.04 Å². The summed E-state index contributed by atoms with van der Waals surface area (Å²) in [5.41, 5.74) is 0.421. The molecule has 2 rings (SSSR count). The zero-order valence-electron chi connectivity index (χ0n) is 9.28. The SMILES string of the molecule is O=C(NCC1COCCN1)c1ccc(Br)cn1. The first-order chi connectivity index (χ1) is 8.25. The van der Waals surface area contributed by atoms with Crippen molar-refractivity contribution in [3.8, 4) is 0 Å². The predicted octanol–water partition coefficient (Wildman–Crippen LogP) is 0.562. The van der Waals surface area contributed by atoms with E-state index >= 15 is 0 Å². The van der Waals surface area contributed by atoms with Gasteiger partial charge in [-0.1, -0.05) is 0 Å². The number of aromatic nitrogens is 1. The third-order valence-corrected chi connectivity index (χ3v) is 2.94. The monoisotopic (exact) mass is 299 g/mol. The van der Waals surface area contributed by atoms with E-state index in [1.807, 2.05) is 0 Å². The molecule has 92 valence electrons. The Hall–Kier alpha value is -0.980. The highest BCUT2D eigenvalue weighted by atomic mass is 79.9. The summed E-state index contributed by atoms with van der Waals surface area (Å²) in [5, 5.41) is 6.10. The van der Waals surface area contributed by atoms with Crippen molar-refractivity contribution in [3.63, 3.8) is 0 Å². The molecule has 5 nitrogen and oxygen atoms in total. The molecule has 1 unspecified atom stereocenters. The van der Waals surface area contributed by atoms with Crippen molar-refractivity contribution in [1.82, 2.24) is 15.6 Å². The van der Waals surface area contributed by atoms with Gasteiger partial charge in [0.2, 0.25) is 0 Å². The molecule has 1 fully saturated rings. The number of carbonyl (C=O) groups is 1. The average Bonchev–Trinajstić information content (AvgIpc) is 2.38. The molecule has 0 radical (unpaired) electrons. The molecule has 17 heavy (non-hydrogen) atoms. The zero-order chi connectivity index (χ0) is 12.1. The fraction of sp³-hybridized carbons (Fsp3) is 0.455. The highest BCUT2D eigenvalue weighted by Crippen LogP contribution is 2.07. The van der Waals surface area contributed by atoms with Gasteiger partial charge in [-0.2, -0.15) is 0 Å². The van der Waals surface area contributed by atoms with Crippen molar-refractivity contribution in [2.75, 3.05) is 26.3 Å². The van der Waals surface area contributed by atoms with Gasteiger partial charge in [-0.15, -0.1) is 0 Å². The molecule has 1 aromatic rings. The minimum atomic E-state index is -0.162. The number of pyridine rings is 1. The largest absolute Gasteiger partial charge is 0.378 e. The molecule has 0 saturated carbocycles. The van der Waals surface area contributed by atoms with Crippen LogP contribution < -0.4 is 10.6 Å². The molecular formula is C11H14BrN3O2. The van der Waals surface area contributed by atoms with Gasteiger partial charge in [-0.25, -0.2) is 4.98 Å². The van der Waals surface area contributed by atoms with Crippen LogP contribution in [0.4, 0.5) is 0 Å². The summed E-state index contributed by atoms with van der Waals surface area (Å²) in [4.78, 5) is 15.8. The second-order valence-corrected chi connectivity index (χ2v) is 4.71. The summed E-state index contributed by atoms with van der Waals surface area (Å²) in [7, 11) is 0. The van der Waals surface area contributed by atoms with Crippen molar-refractivity contribution in [3.05, 3.63) is 28.5 Å². The highest BCUT2D eigenvalue weighted by molar-refractivity contribution is 9.10. The van der Waals surface area contributed by atoms with E-state index in [1.165, 1.54) is 0 Å². The van der Waals surface area contributed by atoms with E-state index in [2.05, 4.69) is 31.5 Å². The van der Waals surface area contributed by atoms with E-state index < -0.39 is 0 Å². The Morgan fingerprint density at radius 1 is 1.65 bits per heavy atom. The Morgan fingerprint density at radius 2 is 2.53 bits per heavy atom. The Kier molecular flexibility index (Phi) is 4.47. The minimum Gasteiger partial charge on any atom is -0.378 e.